The van der Waals surface area contributed by atoms with Crippen LogP contribution in [0.15, 0.2) is 30.3 Å². The van der Waals surface area contributed by atoms with E-state index in [1.165, 1.54) is 89.9 Å². The molecule has 4 unspecified atom stereocenters. The highest BCUT2D eigenvalue weighted by Gasteiger charge is 2.55. The molecule has 1 aromatic rings. The van der Waals surface area contributed by atoms with Gasteiger partial charge in [0.1, 0.15) is 12.7 Å². The summed E-state index contributed by atoms with van der Waals surface area (Å²) < 4.78 is 23.5. The molecule has 0 fully saturated rings. The fraction of sp³-hybridized carbons (Fsp3) is 0.794. The van der Waals surface area contributed by atoms with Crippen LogP contribution in [0.4, 0.5) is 0 Å². The highest BCUT2D eigenvalue weighted by Crippen LogP contribution is 2.32. The molecule has 0 aliphatic rings. The normalized spacial score (nSPS) is 14.5. The van der Waals surface area contributed by atoms with Gasteiger partial charge in [-0.2, -0.15) is 11.8 Å². The molecule has 0 saturated carbocycles. The largest absolute Gasteiger partial charge is 0.497 e. The third-order valence-electron chi connectivity index (χ3n) is 7.39. The molecule has 0 aliphatic heterocycles. The summed E-state index contributed by atoms with van der Waals surface area (Å²) in [7, 11) is -1.23. The van der Waals surface area contributed by atoms with Gasteiger partial charge in [-0.1, -0.05) is 146 Å². The van der Waals surface area contributed by atoms with E-state index in [0.717, 1.165) is 24.2 Å². The van der Waals surface area contributed by atoms with Gasteiger partial charge in [0.05, 0.1) is 6.61 Å². The number of benzene rings is 1. The molecule has 1 aromatic carbocycles. The molecular weight excluding hydrogens is 567 g/mol. The third kappa shape index (κ3) is 18.0. The summed E-state index contributed by atoms with van der Waals surface area (Å²) in [6.45, 7) is 8.62. The number of esters is 1. The fourth-order valence-corrected chi connectivity index (χ4v) is 6.42. The van der Waals surface area contributed by atoms with E-state index in [1.807, 2.05) is 55.9 Å². The molecule has 4 atom stereocenters. The smallest absolute Gasteiger partial charge is 0.453 e. The maximum atomic E-state index is 13.1. The quantitative estimate of drug-likeness (QED) is 0.0218. The lowest BCUT2D eigenvalue weighted by molar-refractivity contribution is -0.403. The zero-order chi connectivity index (χ0) is 30.7. The predicted molar refractivity (Wildman–Crippen MR) is 177 cm³/mol. The molecule has 0 saturated heterocycles. The van der Waals surface area contributed by atoms with Gasteiger partial charge in [0.15, 0.2) is 0 Å². The van der Waals surface area contributed by atoms with Crippen molar-refractivity contribution in [2.45, 2.75) is 160 Å². The van der Waals surface area contributed by atoms with Crippen LogP contribution in [0, 0.1) is 0 Å². The minimum atomic E-state index is -2.09. The van der Waals surface area contributed by atoms with Crippen molar-refractivity contribution in [2.75, 3.05) is 12.4 Å². The molecule has 0 bridgehead atoms. The molecule has 0 N–H and O–H groups in total. The van der Waals surface area contributed by atoms with E-state index in [-0.39, 0.29) is 24.6 Å². The maximum Gasteiger partial charge on any atom is 0.497 e. The number of hydrogen-bond donors (Lipinski definition) is 0. The van der Waals surface area contributed by atoms with Crippen molar-refractivity contribution in [1.82, 2.24) is 0 Å². The Kier molecular flexibility index (Phi) is 24.6. The molecule has 0 heterocycles. The summed E-state index contributed by atoms with van der Waals surface area (Å²) in [5, 5.41) is 0.212. The highest BCUT2D eigenvalue weighted by molar-refractivity contribution is 7.99. The lowest BCUT2D eigenvalue weighted by atomic mass is 10.1. The molecular formula is C34H60O6PS+. The van der Waals surface area contributed by atoms with E-state index in [4.69, 9.17) is 19.2 Å². The number of unbranched alkanes of at least 4 members (excludes halogenated alkanes) is 13. The summed E-state index contributed by atoms with van der Waals surface area (Å²) >= 11 is 1.93. The second-order valence-corrected chi connectivity index (χ2v) is 13.5. The summed E-state index contributed by atoms with van der Waals surface area (Å²) in [4.78, 5) is 24.5. The van der Waals surface area contributed by atoms with Gasteiger partial charge >= 0.3 is 20.0 Å². The maximum absolute atomic E-state index is 13.1. The Bertz CT molecular complexity index is 783. The van der Waals surface area contributed by atoms with Crippen LogP contribution in [0.2, 0.25) is 0 Å². The van der Waals surface area contributed by atoms with Crippen LogP contribution in [-0.4, -0.2) is 35.2 Å². The van der Waals surface area contributed by atoms with Crippen molar-refractivity contribution >= 4 is 26.2 Å². The van der Waals surface area contributed by atoms with E-state index in [9.17, 15) is 9.36 Å². The van der Waals surface area contributed by atoms with Crippen molar-refractivity contribution in [1.29, 1.82) is 0 Å². The number of ether oxygens (including phenoxy) is 2. The second kappa shape index (κ2) is 26.4. The SMILES string of the molecule is CCCCCCCCCCCSC(CCCCCCCC)C(C)OOC(OCCC)([PH+]=O)C(=O)OCc1ccccc1. The zero-order valence-electron chi connectivity index (χ0n) is 27.0. The van der Waals surface area contributed by atoms with Gasteiger partial charge in [0.2, 0.25) is 0 Å². The Morgan fingerprint density at radius 2 is 1.38 bits per heavy atom. The molecule has 1 rings (SSSR count). The first-order valence-electron chi connectivity index (χ1n) is 16.7. The molecule has 0 radical (unpaired) electrons. The van der Waals surface area contributed by atoms with Gasteiger partial charge in [-0.25, -0.2) is 9.68 Å². The van der Waals surface area contributed by atoms with Crippen LogP contribution < -0.4 is 0 Å². The van der Waals surface area contributed by atoms with Gasteiger partial charge < -0.3 is 4.74 Å². The Balaban J connectivity index is 2.67. The summed E-state index contributed by atoms with van der Waals surface area (Å²) in [6, 6.07) is 9.36. The summed E-state index contributed by atoms with van der Waals surface area (Å²) in [5.41, 5.74) is -1.27. The average molecular weight is 628 g/mol. The van der Waals surface area contributed by atoms with Gasteiger partial charge in [-0.3, -0.25) is 4.74 Å². The van der Waals surface area contributed by atoms with Gasteiger partial charge in [-0.15, -0.1) is 4.89 Å². The van der Waals surface area contributed by atoms with Gasteiger partial charge in [0, 0.05) is 5.25 Å². The second-order valence-electron chi connectivity index (χ2n) is 11.3. The lowest BCUT2D eigenvalue weighted by Crippen LogP contribution is -2.42. The fourth-order valence-electron chi connectivity index (χ4n) is 4.70. The zero-order valence-corrected chi connectivity index (χ0v) is 28.9. The van der Waals surface area contributed by atoms with E-state index >= 15 is 0 Å². The standard InChI is InChI=1S/C34H59O6PS/c1-5-8-10-12-14-15-16-18-23-28-42-32(26-22-17-13-11-9-6-2)30(4)39-40-34(41-36,38-27-7-3)33(35)37-29-31-24-20-19-21-25-31/h19-21,24-25,30,32H,5-18,22-23,26-29H2,1-4H3/p+1. The van der Waals surface area contributed by atoms with Gasteiger partial charge in [0.25, 0.3) is 0 Å². The molecule has 0 aliphatic carbocycles. The van der Waals surface area contributed by atoms with E-state index < -0.39 is 20.0 Å². The van der Waals surface area contributed by atoms with Gasteiger partial charge in [-0.05, 0) is 37.5 Å². The molecule has 42 heavy (non-hydrogen) atoms. The van der Waals surface area contributed by atoms with Crippen molar-refractivity contribution in [3.63, 3.8) is 0 Å². The number of rotatable bonds is 29. The first kappa shape index (κ1) is 39.0. The Morgan fingerprint density at radius 1 is 0.810 bits per heavy atom. The number of carbonyl (C=O) groups excluding carboxylic acids is 1. The minimum absolute atomic E-state index is 0.0373. The number of thioether (sulfide) groups is 1. The third-order valence-corrected chi connectivity index (χ3v) is 9.66. The van der Waals surface area contributed by atoms with E-state index in [1.54, 1.807) is 0 Å². The first-order chi connectivity index (χ1) is 20.5. The Hall–Kier alpha value is -0.980. The highest BCUT2D eigenvalue weighted by atomic mass is 32.2. The van der Waals surface area contributed by atoms with Crippen LogP contribution in [-0.2, 0) is 35.2 Å². The molecule has 8 heteroatoms. The average Bonchev–Trinajstić information content (AvgIpc) is 3.02. The number of hydrogen-bond acceptors (Lipinski definition) is 7. The van der Waals surface area contributed by atoms with E-state index in [2.05, 4.69) is 13.8 Å². The topological polar surface area (TPSA) is 71.1 Å². The van der Waals surface area contributed by atoms with Crippen LogP contribution >= 0.6 is 20.2 Å². The molecule has 0 amide bonds. The van der Waals surface area contributed by atoms with Crippen molar-refractivity contribution in [3.8, 4) is 0 Å². The molecule has 0 spiro atoms. The number of carbonyl (C=O) groups is 1. The first-order valence-corrected chi connectivity index (χ1v) is 18.7. The molecule has 242 valence electrons. The van der Waals surface area contributed by atoms with Crippen LogP contribution in [0.1, 0.15) is 142 Å². The van der Waals surface area contributed by atoms with Crippen LogP contribution in [0.3, 0.4) is 0 Å². The predicted octanol–water partition coefficient (Wildman–Crippen LogP) is 10.6. The minimum Gasteiger partial charge on any atom is -0.453 e. The lowest BCUT2D eigenvalue weighted by Gasteiger charge is -2.25. The summed E-state index contributed by atoms with van der Waals surface area (Å²) in [5.74, 6) is 0.236. The van der Waals surface area contributed by atoms with Crippen molar-refractivity contribution in [2.24, 2.45) is 0 Å². The van der Waals surface area contributed by atoms with Crippen molar-refractivity contribution < 1.29 is 28.6 Å². The Morgan fingerprint density at radius 3 is 1.95 bits per heavy atom. The van der Waals surface area contributed by atoms with Crippen molar-refractivity contribution in [3.05, 3.63) is 35.9 Å². The monoisotopic (exact) mass is 627 g/mol. The molecule has 6 nitrogen and oxygen atoms in total. The van der Waals surface area contributed by atoms with E-state index in [0.29, 0.717) is 6.42 Å². The summed E-state index contributed by atoms with van der Waals surface area (Å²) in [6.07, 6.45) is 20.6. The van der Waals surface area contributed by atoms with Crippen LogP contribution in [0.5, 0.6) is 0 Å². The van der Waals surface area contributed by atoms with Crippen LogP contribution in [0.25, 0.3) is 0 Å². The Labute approximate surface area is 262 Å². The molecule has 0 aromatic heterocycles.